The van der Waals surface area contributed by atoms with E-state index in [1.807, 2.05) is 17.0 Å². The van der Waals surface area contributed by atoms with Crippen LogP contribution in [-0.2, 0) is 9.47 Å². The topological polar surface area (TPSA) is 54.9 Å². The summed E-state index contributed by atoms with van der Waals surface area (Å²) in [5.41, 5.74) is 3.78. The van der Waals surface area contributed by atoms with Crippen molar-refractivity contribution in [2.45, 2.75) is 32.5 Å². The van der Waals surface area contributed by atoms with E-state index in [0.717, 1.165) is 17.9 Å². The van der Waals surface area contributed by atoms with Gasteiger partial charge in [0, 0.05) is 50.0 Å². The molecule has 1 aromatic heterocycles. The molecule has 4 rings (SSSR count). The van der Waals surface area contributed by atoms with Crippen LogP contribution < -0.4 is 4.90 Å². The van der Waals surface area contributed by atoms with Crippen LogP contribution in [-0.4, -0.2) is 54.4 Å². The molecule has 2 aromatic rings. The molecule has 0 saturated carbocycles. The van der Waals surface area contributed by atoms with Gasteiger partial charge < -0.3 is 19.3 Å². The number of rotatable bonds is 4. The lowest BCUT2D eigenvalue weighted by Gasteiger charge is -2.37. The minimum Gasteiger partial charge on any atom is -0.347 e. The summed E-state index contributed by atoms with van der Waals surface area (Å²) in [5, 5.41) is 0. The van der Waals surface area contributed by atoms with E-state index in [0.29, 0.717) is 44.8 Å². The monoisotopic (exact) mass is 381 g/mol. The van der Waals surface area contributed by atoms with E-state index in [2.05, 4.69) is 48.0 Å². The van der Waals surface area contributed by atoms with Crippen molar-refractivity contribution < 1.29 is 14.3 Å². The molecule has 1 spiro atoms. The van der Waals surface area contributed by atoms with Gasteiger partial charge in [0.25, 0.3) is 5.91 Å². The molecule has 0 radical (unpaired) electrons. The molecule has 0 N–H and O–H groups in total. The highest BCUT2D eigenvalue weighted by Crippen LogP contribution is 2.32. The molecule has 0 unspecified atom stereocenters. The molecule has 2 aliphatic heterocycles. The summed E-state index contributed by atoms with van der Waals surface area (Å²) in [7, 11) is 0. The van der Waals surface area contributed by atoms with Crippen molar-refractivity contribution in [3.8, 4) is 0 Å². The summed E-state index contributed by atoms with van der Waals surface area (Å²) >= 11 is 0. The largest absolute Gasteiger partial charge is 0.347 e. The van der Waals surface area contributed by atoms with Gasteiger partial charge in [-0.2, -0.15) is 0 Å². The summed E-state index contributed by atoms with van der Waals surface area (Å²) in [6, 6.07) is 12.2. The van der Waals surface area contributed by atoms with Crippen LogP contribution >= 0.6 is 0 Å². The first-order valence-electron chi connectivity index (χ1n) is 9.98. The van der Waals surface area contributed by atoms with Crippen LogP contribution in [0.4, 0.5) is 11.4 Å². The van der Waals surface area contributed by atoms with Gasteiger partial charge in [-0.15, -0.1) is 0 Å². The fraction of sp³-hybridized carbons (Fsp3) is 0.455. The second kappa shape index (κ2) is 7.89. The Labute approximate surface area is 166 Å². The van der Waals surface area contributed by atoms with E-state index in [9.17, 15) is 4.79 Å². The van der Waals surface area contributed by atoms with Crippen molar-refractivity contribution in [2.75, 3.05) is 37.7 Å². The number of nitrogens with zero attached hydrogens (tertiary/aromatic N) is 3. The third-order valence-electron chi connectivity index (χ3n) is 5.53. The molecular formula is C22H27N3O3. The number of anilines is 2. The zero-order chi connectivity index (χ0) is 19.6. The predicted molar refractivity (Wildman–Crippen MR) is 108 cm³/mol. The van der Waals surface area contributed by atoms with Crippen molar-refractivity contribution in [2.24, 2.45) is 0 Å². The Balaban J connectivity index is 1.51. The summed E-state index contributed by atoms with van der Waals surface area (Å²) in [4.78, 5) is 21.4. The molecule has 6 nitrogen and oxygen atoms in total. The molecule has 28 heavy (non-hydrogen) atoms. The molecule has 0 bridgehead atoms. The van der Waals surface area contributed by atoms with Crippen molar-refractivity contribution >= 4 is 17.3 Å². The molecule has 0 aliphatic carbocycles. The lowest BCUT2D eigenvalue weighted by atomic mass is 10.0. The van der Waals surface area contributed by atoms with E-state index in [1.54, 1.807) is 6.20 Å². The highest BCUT2D eigenvalue weighted by atomic mass is 16.7. The maximum absolute atomic E-state index is 13.0. The average molecular weight is 381 g/mol. The van der Waals surface area contributed by atoms with Gasteiger partial charge in [-0.05, 0) is 43.7 Å². The molecule has 2 aliphatic rings. The second-order valence-corrected chi connectivity index (χ2v) is 7.38. The van der Waals surface area contributed by atoms with Gasteiger partial charge in [0.1, 0.15) is 5.69 Å². The number of aryl methyl sites for hydroxylation is 1. The Kier molecular flexibility index (Phi) is 5.33. The van der Waals surface area contributed by atoms with Gasteiger partial charge in [-0.3, -0.25) is 9.78 Å². The van der Waals surface area contributed by atoms with E-state index >= 15 is 0 Å². The van der Waals surface area contributed by atoms with Gasteiger partial charge in [0.05, 0.1) is 13.2 Å². The lowest BCUT2D eigenvalue weighted by molar-refractivity contribution is -0.181. The third kappa shape index (κ3) is 3.75. The molecule has 3 heterocycles. The molecule has 6 heteroatoms. The molecule has 0 atom stereocenters. The van der Waals surface area contributed by atoms with Crippen LogP contribution in [0.2, 0.25) is 0 Å². The number of hydrogen-bond acceptors (Lipinski definition) is 5. The number of pyridine rings is 1. The lowest BCUT2D eigenvalue weighted by Crippen LogP contribution is -2.47. The van der Waals surface area contributed by atoms with Gasteiger partial charge in [-0.1, -0.05) is 12.1 Å². The first-order chi connectivity index (χ1) is 13.6. The zero-order valence-corrected chi connectivity index (χ0v) is 16.6. The number of hydrogen-bond donors (Lipinski definition) is 0. The highest BCUT2D eigenvalue weighted by molar-refractivity contribution is 5.93. The smallest absolute Gasteiger partial charge is 0.272 e. The number of ether oxygens (including phenoxy) is 2. The third-order valence-corrected chi connectivity index (χ3v) is 5.53. The number of piperidine rings is 1. The molecule has 1 aromatic carbocycles. The van der Waals surface area contributed by atoms with Crippen LogP contribution in [0.15, 0.2) is 42.6 Å². The maximum atomic E-state index is 13.0. The summed E-state index contributed by atoms with van der Waals surface area (Å²) in [5.74, 6) is -0.508. The van der Waals surface area contributed by atoms with Crippen LogP contribution in [0.1, 0.15) is 35.8 Å². The molecule has 2 fully saturated rings. The number of aromatic nitrogens is 1. The van der Waals surface area contributed by atoms with E-state index in [-0.39, 0.29) is 5.91 Å². The Hall–Kier alpha value is -2.44. The quantitative estimate of drug-likeness (QED) is 0.811. The van der Waals surface area contributed by atoms with Gasteiger partial charge >= 0.3 is 0 Å². The zero-order valence-electron chi connectivity index (χ0n) is 16.6. The molecular weight excluding hydrogens is 354 g/mol. The number of likely N-dealkylation sites (tertiary alicyclic amines) is 1. The highest BCUT2D eigenvalue weighted by Gasteiger charge is 2.41. The number of benzene rings is 1. The number of carbonyl (C=O) groups is 1. The molecule has 1 amide bonds. The van der Waals surface area contributed by atoms with E-state index < -0.39 is 5.79 Å². The Morgan fingerprint density at radius 1 is 1.14 bits per heavy atom. The Morgan fingerprint density at radius 3 is 2.54 bits per heavy atom. The number of carbonyl (C=O) groups excluding carboxylic acids is 1. The fourth-order valence-electron chi connectivity index (χ4n) is 4.01. The van der Waals surface area contributed by atoms with Crippen molar-refractivity contribution in [1.82, 2.24) is 9.88 Å². The minimum atomic E-state index is -0.476. The Bertz CT molecular complexity index is 838. The molecule has 148 valence electrons. The Morgan fingerprint density at radius 2 is 1.86 bits per heavy atom. The fourth-order valence-corrected chi connectivity index (χ4v) is 4.01. The first-order valence-corrected chi connectivity index (χ1v) is 9.98. The molecule has 2 saturated heterocycles. The average Bonchev–Trinajstić information content (AvgIpc) is 3.17. The predicted octanol–water partition coefficient (Wildman–Crippen LogP) is 3.53. The van der Waals surface area contributed by atoms with Gasteiger partial charge in [-0.25, -0.2) is 0 Å². The van der Waals surface area contributed by atoms with Crippen molar-refractivity contribution in [1.29, 1.82) is 0 Å². The van der Waals surface area contributed by atoms with E-state index in [1.165, 1.54) is 5.56 Å². The normalized spacial score (nSPS) is 18.4. The SMILES string of the molecule is CCN(c1cccc(C)c1)c1ccnc(C(=O)N2CCC3(CC2)OCCO3)c1. The van der Waals surface area contributed by atoms with Crippen molar-refractivity contribution in [3.63, 3.8) is 0 Å². The standard InChI is InChI=1S/C22H27N3O3/c1-3-25(18-6-4-5-17(2)15-18)19-7-10-23-20(16-19)21(26)24-11-8-22(9-12-24)27-13-14-28-22/h4-7,10,15-16H,3,8-9,11-14H2,1-2H3. The van der Waals surface area contributed by atoms with Crippen LogP contribution in [0, 0.1) is 6.92 Å². The first kappa shape index (κ1) is 18.9. The summed E-state index contributed by atoms with van der Waals surface area (Å²) in [6.07, 6.45) is 3.14. The summed E-state index contributed by atoms with van der Waals surface area (Å²) in [6.45, 7) is 7.53. The maximum Gasteiger partial charge on any atom is 0.272 e. The minimum absolute atomic E-state index is 0.0324. The number of amides is 1. The van der Waals surface area contributed by atoms with Gasteiger partial charge in [0.2, 0.25) is 0 Å². The van der Waals surface area contributed by atoms with Crippen LogP contribution in [0.3, 0.4) is 0 Å². The van der Waals surface area contributed by atoms with Crippen molar-refractivity contribution in [3.05, 3.63) is 53.9 Å². The van der Waals surface area contributed by atoms with Crippen LogP contribution in [0.5, 0.6) is 0 Å². The van der Waals surface area contributed by atoms with Gasteiger partial charge in [0.15, 0.2) is 5.79 Å². The summed E-state index contributed by atoms with van der Waals surface area (Å²) < 4.78 is 11.5. The second-order valence-electron chi connectivity index (χ2n) is 7.38. The van der Waals surface area contributed by atoms with Crippen LogP contribution in [0.25, 0.3) is 0 Å². The van der Waals surface area contributed by atoms with E-state index in [4.69, 9.17) is 9.47 Å².